The van der Waals surface area contributed by atoms with Crippen molar-refractivity contribution in [3.63, 3.8) is 0 Å². The molecule has 0 aliphatic heterocycles. The molecule has 0 fully saturated rings. The van der Waals surface area contributed by atoms with Gasteiger partial charge in [-0.15, -0.1) is 0 Å². The average molecular weight is 393 g/mol. The van der Waals surface area contributed by atoms with Crippen LogP contribution in [0.2, 0.25) is 5.02 Å². The summed E-state index contributed by atoms with van der Waals surface area (Å²) in [7, 11) is -2.52. The molecule has 0 radical (unpaired) electrons. The zero-order valence-electron chi connectivity index (χ0n) is 13.0. The molecule has 2 aromatic carbocycles. The van der Waals surface area contributed by atoms with Gasteiger partial charge in [0.2, 0.25) is 0 Å². The van der Waals surface area contributed by atoms with Crippen LogP contribution < -0.4 is 4.74 Å². The highest BCUT2D eigenvalue weighted by Crippen LogP contribution is 2.39. The van der Waals surface area contributed by atoms with Crippen LogP contribution in [-0.2, 0) is 16.0 Å². The van der Waals surface area contributed by atoms with Gasteiger partial charge in [0.25, 0.3) is 0 Å². The molecule has 0 saturated carbocycles. The maximum absolute atomic E-state index is 13.1. The van der Waals surface area contributed by atoms with Crippen molar-refractivity contribution in [1.82, 2.24) is 0 Å². The van der Waals surface area contributed by atoms with Gasteiger partial charge in [0, 0.05) is 11.8 Å². The van der Waals surface area contributed by atoms with Crippen LogP contribution >= 0.6 is 11.6 Å². The van der Waals surface area contributed by atoms with Crippen LogP contribution in [-0.4, -0.2) is 27.6 Å². The third kappa shape index (κ3) is 3.96. The van der Waals surface area contributed by atoms with Crippen molar-refractivity contribution in [3.8, 4) is 5.75 Å². The first kappa shape index (κ1) is 19.3. The Balaban J connectivity index is 2.59. The highest BCUT2D eigenvalue weighted by Gasteiger charge is 2.36. The van der Waals surface area contributed by atoms with Crippen LogP contribution in [0.5, 0.6) is 5.75 Å². The van der Waals surface area contributed by atoms with E-state index in [1.807, 2.05) is 0 Å². The van der Waals surface area contributed by atoms with Gasteiger partial charge in [0.1, 0.15) is 5.75 Å². The van der Waals surface area contributed by atoms with Gasteiger partial charge in [-0.05, 0) is 30.3 Å². The van der Waals surface area contributed by atoms with Crippen LogP contribution in [0.25, 0.3) is 0 Å². The Kier molecular flexibility index (Phi) is 5.15. The molecular weight excluding hydrogens is 381 g/mol. The fraction of sp³-hybridized carbons (Fsp3) is 0.188. The quantitative estimate of drug-likeness (QED) is 0.738. The Hall–Kier alpha value is -2.06. The van der Waals surface area contributed by atoms with Crippen molar-refractivity contribution in [3.05, 3.63) is 58.1 Å². The van der Waals surface area contributed by atoms with Crippen molar-refractivity contribution < 1.29 is 31.1 Å². The van der Waals surface area contributed by atoms with Gasteiger partial charge in [-0.1, -0.05) is 17.7 Å². The molecule has 0 heterocycles. The maximum Gasteiger partial charge on any atom is 0.419 e. The smallest absolute Gasteiger partial charge is 0.419 e. The standard InChI is InChI=1S/C16H12ClF3O4S/c1-24-15-11(4-3-5-12(15)16(18,19)20)14(21)10-7-6-9(8-13(10)17)25(2,22)23/h3-8H,1-2H3. The number of methoxy groups -OCH3 is 1. The van der Waals surface area contributed by atoms with Gasteiger partial charge in [0.15, 0.2) is 15.6 Å². The third-order valence-corrected chi connectivity index (χ3v) is 4.81. The zero-order valence-corrected chi connectivity index (χ0v) is 14.6. The molecule has 0 aliphatic carbocycles. The topological polar surface area (TPSA) is 60.4 Å². The summed E-state index contributed by atoms with van der Waals surface area (Å²) in [4.78, 5) is 12.5. The molecular formula is C16H12ClF3O4S. The first-order chi connectivity index (χ1) is 11.5. The zero-order chi connectivity index (χ0) is 19.0. The van der Waals surface area contributed by atoms with Crippen LogP contribution in [0.4, 0.5) is 13.2 Å². The highest BCUT2D eigenvalue weighted by molar-refractivity contribution is 7.90. The Morgan fingerprint density at radius 2 is 1.76 bits per heavy atom. The van der Waals surface area contributed by atoms with E-state index in [-0.39, 0.29) is 21.0 Å². The molecule has 25 heavy (non-hydrogen) atoms. The number of ketones is 1. The van der Waals surface area contributed by atoms with Gasteiger partial charge in [0.05, 0.1) is 28.2 Å². The molecule has 9 heteroatoms. The van der Waals surface area contributed by atoms with E-state index in [4.69, 9.17) is 16.3 Å². The molecule has 0 aliphatic rings. The number of carbonyl (C=O) groups is 1. The number of rotatable bonds is 4. The SMILES string of the molecule is COc1c(C(=O)c2ccc(S(C)(=O)=O)cc2Cl)cccc1C(F)(F)F. The molecule has 0 bridgehead atoms. The first-order valence-corrected chi connectivity index (χ1v) is 9.02. The molecule has 0 saturated heterocycles. The predicted octanol–water partition coefficient (Wildman–Crippen LogP) is 4.00. The number of alkyl halides is 3. The van der Waals surface area contributed by atoms with Crippen LogP contribution in [0, 0.1) is 0 Å². The minimum absolute atomic E-state index is 0.106. The first-order valence-electron chi connectivity index (χ1n) is 6.75. The van der Waals surface area contributed by atoms with E-state index in [1.165, 1.54) is 6.07 Å². The number of halogens is 4. The lowest BCUT2D eigenvalue weighted by molar-refractivity contribution is -0.138. The van der Waals surface area contributed by atoms with Crippen molar-refractivity contribution >= 4 is 27.2 Å². The molecule has 0 atom stereocenters. The summed E-state index contributed by atoms with van der Waals surface area (Å²) in [6.45, 7) is 0. The van der Waals surface area contributed by atoms with Crippen LogP contribution in [0.1, 0.15) is 21.5 Å². The van der Waals surface area contributed by atoms with Gasteiger partial charge < -0.3 is 4.74 Å². The molecule has 2 aromatic rings. The van der Waals surface area contributed by atoms with E-state index in [9.17, 15) is 26.4 Å². The average Bonchev–Trinajstić information content (AvgIpc) is 2.51. The Bertz CT molecular complexity index is 937. The summed E-state index contributed by atoms with van der Waals surface area (Å²) in [5.74, 6) is -1.43. The van der Waals surface area contributed by atoms with E-state index in [1.54, 1.807) is 0 Å². The normalized spacial score (nSPS) is 12.1. The van der Waals surface area contributed by atoms with E-state index < -0.39 is 33.1 Å². The van der Waals surface area contributed by atoms with Crippen molar-refractivity contribution in [1.29, 1.82) is 0 Å². The molecule has 0 N–H and O–H groups in total. The fourth-order valence-electron chi connectivity index (χ4n) is 2.21. The molecule has 2 rings (SSSR count). The monoisotopic (exact) mass is 392 g/mol. The Morgan fingerprint density at radius 1 is 1.12 bits per heavy atom. The molecule has 0 aromatic heterocycles. The van der Waals surface area contributed by atoms with E-state index in [0.717, 1.165) is 43.7 Å². The molecule has 0 spiro atoms. The number of benzene rings is 2. The summed E-state index contributed by atoms with van der Waals surface area (Å²) in [6, 6.07) is 6.44. The van der Waals surface area contributed by atoms with E-state index >= 15 is 0 Å². The van der Waals surface area contributed by atoms with Gasteiger partial charge in [-0.25, -0.2) is 8.42 Å². The summed E-state index contributed by atoms with van der Waals surface area (Å²) >= 11 is 5.96. The lowest BCUT2D eigenvalue weighted by atomic mass is 9.99. The minimum atomic E-state index is -4.70. The second-order valence-electron chi connectivity index (χ2n) is 5.13. The highest BCUT2D eigenvalue weighted by atomic mass is 35.5. The lowest BCUT2D eigenvalue weighted by Crippen LogP contribution is -2.12. The number of sulfone groups is 1. The summed E-state index contributed by atoms with van der Waals surface area (Å²) < 4.78 is 67.0. The fourth-order valence-corrected chi connectivity index (χ4v) is 3.19. The van der Waals surface area contributed by atoms with Crippen molar-refractivity contribution in [2.75, 3.05) is 13.4 Å². The van der Waals surface area contributed by atoms with Crippen molar-refractivity contribution in [2.45, 2.75) is 11.1 Å². The van der Waals surface area contributed by atoms with Crippen LogP contribution in [0.3, 0.4) is 0 Å². The number of carbonyl (C=O) groups excluding carboxylic acids is 1. The van der Waals surface area contributed by atoms with Crippen LogP contribution in [0.15, 0.2) is 41.3 Å². The number of hydrogen-bond donors (Lipinski definition) is 0. The summed E-state index contributed by atoms with van der Waals surface area (Å²) in [6.07, 6.45) is -3.73. The van der Waals surface area contributed by atoms with E-state index in [0.29, 0.717) is 0 Å². The van der Waals surface area contributed by atoms with Crippen molar-refractivity contribution in [2.24, 2.45) is 0 Å². The van der Waals surface area contributed by atoms with E-state index in [2.05, 4.69) is 0 Å². The molecule has 0 unspecified atom stereocenters. The predicted molar refractivity (Wildman–Crippen MR) is 86.0 cm³/mol. The van der Waals surface area contributed by atoms with Gasteiger partial charge in [-0.3, -0.25) is 4.79 Å². The minimum Gasteiger partial charge on any atom is -0.495 e. The second-order valence-corrected chi connectivity index (χ2v) is 7.55. The summed E-state index contributed by atoms with van der Waals surface area (Å²) in [5.41, 5.74) is -1.55. The Morgan fingerprint density at radius 3 is 2.24 bits per heavy atom. The Labute approximate surface area is 147 Å². The van der Waals surface area contributed by atoms with Gasteiger partial charge >= 0.3 is 6.18 Å². The molecule has 134 valence electrons. The number of para-hydroxylation sites is 1. The largest absolute Gasteiger partial charge is 0.495 e. The number of hydrogen-bond acceptors (Lipinski definition) is 4. The van der Waals surface area contributed by atoms with Gasteiger partial charge in [-0.2, -0.15) is 13.2 Å². The third-order valence-electron chi connectivity index (χ3n) is 3.38. The maximum atomic E-state index is 13.1. The second kappa shape index (κ2) is 6.68. The lowest BCUT2D eigenvalue weighted by Gasteiger charge is -2.15. The number of ether oxygens (including phenoxy) is 1. The molecule has 4 nitrogen and oxygen atoms in total. The molecule has 0 amide bonds. The summed E-state index contributed by atoms with van der Waals surface area (Å²) in [5, 5.41) is -0.188.